The quantitative estimate of drug-likeness (QED) is 0.360. The van der Waals surface area contributed by atoms with Crippen LogP contribution in [0.1, 0.15) is 61.0 Å². The zero-order chi connectivity index (χ0) is 23.4. The van der Waals surface area contributed by atoms with E-state index in [9.17, 15) is 14.4 Å². The second-order valence-corrected chi connectivity index (χ2v) is 7.48. The minimum atomic E-state index is -0.652. The molecule has 0 radical (unpaired) electrons. The second kappa shape index (κ2) is 9.52. The van der Waals surface area contributed by atoms with Crippen LogP contribution in [-0.2, 0) is 11.2 Å². The summed E-state index contributed by atoms with van der Waals surface area (Å²) in [5.41, 5.74) is 5.42. The number of furan rings is 1. The maximum atomic E-state index is 12.8. The Morgan fingerprint density at radius 2 is 1.67 bits per heavy atom. The maximum absolute atomic E-state index is 12.8. The molecule has 1 N–H and O–H groups in total. The minimum absolute atomic E-state index is 0.0843. The van der Waals surface area contributed by atoms with Crippen LogP contribution in [0.3, 0.4) is 0 Å². The summed E-state index contributed by atoms with van der Waals surface area (Å²) in [5.74, 6) is -0.452. The lowest BCUT2D eigenvalue weighted by Gasteiger charge is -2.13. The van der Waals surface area contributed by atoms with E-state index in [1.807, 2.05) is 6.07 Å². The molecule has 1 aromatic heterocycles. The number of hydrogen-bond acceptors (Lipinski definition) is 7. The van der Waals surface area contributed by atoms with E-state index < -0.39 is 11.9 Å². The highest BCUT2D eigenvalue weighted by Gasteiger charge is 2.29. The highest BCUT2D eigenvalue weighted by atomic mass is 16.5. The van der Waals surface area contributed by atoms with Crippen molar-refractivity contribution in [3.63, 3.8) is 0 Å². The van der Waals surface area contributed by atoms with Gasteiger partial charge in [-0.05, 0) is 56.2 Å². The smallest absolute Gasteiger partial charge is 0.379 e. The van der Waals surface area contributed by atoms with Gasteiger partial charge in [0.1, 0.15) is 11.5 Å². The van der Waals surface area contributed by atoms with E-state index >= 15 is 0 Å². The number of rotatable bonds is 5. The van der Waals surface area contributed by atoms with Gasteiger partial charge >= 0.3 is 11.9 Å². The fourth-order valence-corrected chi connectivity index (χ4v) is 3.68. The number of amides is 1. The summed E-state index contributed by atoms with van der Waals surface area (Å²) < 4.78 is 15.9. The van der Waals surface area contributed by atoms with Crippen LogP contribution in [0.2, 0.25) is 0 Å². The number of carbonyl (C=O) groups is 3. The van der Waals surface area contributed by atoms with Gasteiger partial charge in [0.05, 0.1) is 18.4 Å². The topological polar surface area (TPSA) is 107 Å². The number of aryl methyl sites for hydroxylation is 1. The van der Waals surface area contributed by atoms with Crippen molar-refractivity contribution in [2.24, 2.45) is 5.10 Å². The van der Waals surface area contributed by atoms with Gasteiger partial charge in [-0.1, -0.05) is 18.2 Å². The van der Waals surface area contributed by atoms with Crippen molar-refractivity contribution in [1.29, 1.82) is 0 Å². The Morgan fingerprint density at radius 1 is 0.939 bits per heavy atom. The van der Waals surface area contributed by atoms with Gasteiger partial charge in [0, 0.05) is 23.1 Å². The summed E-state index contributed by atoms with van der Waals surface area (Å²) in [6.07, 6.45) is 2.08. The monoisotopic (exact) mass is 446 g/mol. The maximum Gasteiger partial charge on any atom is 0.379 e. The number of hydrazone groups is 1. The summed E-state index contributed by atoms with van der Waals surface area (Å²) in [7, 11) is 1.29. The summed E-state index contributed by atoms with van der Waals surface area (Å²) in [4.78, 5) is 36.7. The first-order chi connectivity index (χ1) is 16.0. The molecule has 0 saturated heterocycles. The third-order valence-electron chi connectivity index (χ3n) is 5.33. The third-order valence-corrected chi connectivity index (χ3v) is 5.33. The number of nitrogens with one attached hydrogen (secondary N) is 1. The summed E-state index contributed by atoms with van der Waals surface area (Å²) in [6.45, 7) is 1.76. The molecule has 0 spiro atoms. The average Bonchev–Trinajstić information content (AvgIpc) is 3.20. The highest BCUT2D eigenvalue weighted by Crippen LogP contribution is 2.30. The lowest BCUT2D eigenvalue weighted by molar-refractivity contribution is 0.0600. The van der Waals surface area contributed by atoms with E-state index in [0.29, 0.717) is 41.0 Å². The molecular weight excluding hydrogens is 424 g/mol. The molecule has 4 rings (SSSR count). The second-order valence-electron chi connectivity index (χ2n) is 7.48. The molecular formula is C25H22N2O6. The Balaban J connectivity index is 1.53. The van der Waals surface area contributed by atoms with Crippen LogP contribution < -0.4 is 10.2 Å². The van der Waals surface area contributed by atoms with Crippen molar-refractivity contribution < 1.29 is 28.3 Å². The molecule has 8 nitrogen and oxygen atoms in total. The first-order valence-electron chi connectivity index (χ1n) is 10.4. The fourth-order valence-electron chi connectivity index (χ4n) is 3.68. The fraction of sp³-hybridized carbons (Fsp3) is 0.200. The first-order valence-corrected chi connectivity index (χ1v) is 10.4. The molecule has 1 amide bonds. The van der Waals surface area contributed by atoms with Crippen molar-refractivity contribution in [1.82, 2.24) is 5.43 Å². The van der Waals surface area contributed by atoms with Gasteiger partial charge in [-0.3, -0.25) is 4.79 Å². The Bertz CT molecular complexity index is 1230. The van der Waals surface area contributed by atoms with E-state index in [2.05, 4.69) is 15.3 Å². The molecule has 0 bridgehead atoms. The number of carbonyl (C=O) groups excluding carboxylic acids is 3. The van der Waals surface area contributed by atoms with Crippen molar-refractivity contribution in [2.45, 2.75) is 26.2 Å². The van der Waals surface area contributed by atoms with Gasteiger partial charge in [-0.25, -0.2) is 15.0 Å². The van der Waals surface area contributed by atoms with Crippen LogP contribution in [0.25, 0.3) is 0 Å². The van der Waals surface area contributed by atoms with E-state index in [-0.39, 0.29) is 17.4 Å². The Labute approximate surface area is 190 Å². The summed E-state index contributed by atoms with van der Waals surface area (Å²) >= 11 is 0. The van der Waals surface area contributed by atoms with E-state index in [4.69, 9.17) is 9.15 Å². The molecule has 0 aliphatic heterocycles. The van der Waals surface area contributed by atoms with Crippen LogP contribution in [0.5, 0.6) is 5.75 Å². The Kier molecular flexibility index (Phi) is 6.35. The molecule has 8 heteroatoms. The largest absolute Gasteiger partial charge is 0.465 e. The predicted molar refractivity (Wildman–Crippen MR) is 120 cm³/mol. The predicted octanol–water partition coefficient (Wildman–Crippen LogP) is 4.06. The molecule has 168 valence electrons. The van der Waals surface area contributed by atoms with Crippen LogP contribution in [-0.4, -0.2) is 30.7 Å². The number of nitrogens with zero attached hydrogens (tertiary/aromatic N) is 1. The lowest BCUT2D eigenvalue weighted by atomic mass is 9.93. The molecule has 1 heterocycles. The molecule has 0 saturated carbocycles. The zero-order valence-electron chi connectivity index (χ0n) is 18.2. The van der Waals surface area contributed by atoms with Gasteiger partial charge < -0.3 is 13.9 Å². The molecule has 0 fully saturated rings. The number of ether oxygens (including phenoxy) is 2. The number of fused-ring (bicyclic) bond motifs is 1. The lowest BCUT2D eigenvalue weighted by Crippen LogP contribution is -2.22. The van der Waals surface area contributed by atoms with E-state index in [1.54, 1.807) is 31.2 Å². The molecule has 33 heavy (non-hydrogen) atoms. The van der Waals surface area contributed by atoms with Gasteiger partial charge in [0.25, 0.3) is 5.91 Å². The molecule has 1 aliphatic rings. The van der Waals surface area contributed by atoms with Crippen LogP contribution >= 0.6 is 0 Å². The van der Waals surface area contributed by atoms with E-state index in [0.717, 1.165) is 12.0 Å². The standard InChI is InChI=1S/C25H22N2O6/c1-15-21-19(26-27-23(28)16-7-4-3-5-8-16)9-6-10-20(21)33-22(15)25(30)32-18-13-11-17(12-14-18)24(29)31-2/h3-5,7-8,11-14H,6,9-10H2,1-2H3,(H,27,28)/b26-19+. The molecule has 0 atom stereocenters. The van der Waals surface area contributed by atoms with Crippen LogP contribution in [0, 0.1) is 6.92 Å². The van der Waals surface area contributed by atoms with Crippen LogP contribution in [0.15, 0.2) is 64.1 Å². The number of esters is 2. The number of benzene rings is 2. The summed E-state index contributed by atoms with van der Waals surface area (Å²) in [6, 6.07) is 14.8. The van der Waals surface area contributed by atoms with Gasteiger partial charge in [-0.2, -0.15) is 5.10 Å². The third kappa shape index (κ3) is 4.69. The van der Waals surface area contributed by atoms with Gasteiger partial charge in [-0.15, -0.1) is 0 Å². The SMILES string of the molecule is COC(=O)c1ccc(OC(=O)c2oc3c(c2C)/C(=N/NC(=O)c2ccccc2)CCC3)cc1. The molecule has 2 aromatic carbocycles. The molecule has 3 aromatic rings. The number of hydrogen-bond donors (Lipinski definition) is 1. The van der Waals surface area contributed by atoms with E-state index in [1.165, 1.54) is 31.4 Å². The Morgan fingerprint density at radius 3 is 2.36 bits per heavy atom. The minimum Gasteiger partial charge on any atom is -0.465 e. The summed E-state index contributed by atoms with van der Waals surface area (Å²) in [5, 5.41) is 4.31. The average molecular weight is 446 g/mol. The van der Waals surface area contributed by atoms with Gasteiger partial charge in [0.2, 0.25) is 5.76 Å². The van der Waals surface area contributed by atoms with Crippen molar-refractivity contribution in [2.75, 3.05) is 7.11 Å². The first kappa shape index (κ1) is 22.0. The van der Waals surface area contributed by atoms with Gasteiger partial charge in [0.15, 0.2) is 0 Å². The Hall–Kier alpha value is -4.20. The van der Waals surface area contributed by atoms with Crippen LogP contribution in [0.4, 0.5) is 0 Å². The molecule has 0 unspecified atom stereocenters. The normalized spacial score (nSPS) is 13.8. The zero-order valence-corrected chi connectivity index (χ0v) is 18.2. The highest BCUT2D eigenvalue weighted by molar-refractivity contribution is 6.06. The van der Waals surface area contributed by atoms with Crippen molar-refractivity contribution in [3.8, 4) is 5.75 Å². The van der Waals surface area contributed by atoms with Crippen molar-refractivity contribution in [3.05, 3.63) is 88.4 Å². The van der Waals surface area contributed by atoms with Crippen molar-refractivity contribution >= 4 is 23.6 Å². The molecule has 1 aliphatic carbocycles. The number of methoxy groups -OCH3 is 1.